The Morgan fingerprint density at radius 2 is 1.02 bits per heavy atom. The number of aliphatic hydroxyl groups is 2. The fourth-order valence-corrected chi connectivity index (χ4v) is 5.91. The largest absolute Gasteiger partial charge is 0.491 e. The van der Waals surface area contributed by atoms with E-state index in [4.69, 9.17) is 19.7 Å². The zero-order chi connectivity index (χ0) is 31.0. The van der Waals surface area contributed by atoms with E-state index in [-0.39, 0.29) is 30.5 Å². The highest BCUT2D eigenvalue weighted by Gasteiger charge is 2.27. The van der Waals surface area contributed by atoms with E-state index in [1.165, 1.54) is 0 Å². The highest BCUT2D eigenvalue weighted by Crippen LogP contribution is 2.33. The third kappa shape index (κ3) is 9.40. The first-order valence-corrected chi connectivity index (χ1v) is 15.2. The predicted molar refractivity (Wildman–Crippen MR) is 162 cm³/mol. The van der Waals surface area contributed by atoms with E-state index in [1.54, 1.807) is 0 Å². The average molecular weight is 599 g/mol. The van der Waals surface area contributed by atoms with Crippen molar-refractivity contribution in [1.82, 2.24) is 9.80 Å². The Bertz CT molecular complexity index is 1080. The molecule has 4 rings (SSSR count). The van der Waals surface area contributed by atoms with Crippen LogP contribution in [0.4, 0.5) is 0 Å². The van der Waals surface area contributed by atoms with Crippen molar-refractivity contribution in [3.63, 3.8) is 0 Å². The zero-order valence-corrected chi connectivity index (χ0v) is 25.2. The van der Waals surface area contributed by atoms with Gasteiger partial charge < -0.3 is 39.7 Å². The molecule has 0 radical (unpaired) electrons. The van der Waals surface area contributed by atoms with E-state index < -0.39 is 24.1 Å². The molecule has 0 spiro atoms. The van der Waals surface area contributed by atoms with Crippen LogP contribution in [0.2, 0.25) is 0 Å². The second kappa shape index (κ2) is 15.0. The molecule has 2 aliphatic heterocycles. The van der Waals surface area contributed by atoms with E-state index in [0.29, 0.717) is 76.5 Å². The van der Waals surface area contributed by atoms with Gasteiger partial charge in [-0.1, -0.05) is 38.1 Å². The Hall–Kier alpha value is -3.18. The monoisotopic (exact) mass is 598 g/mol. The minimum absolute atomic E-state index is 0.168. The fraction of sp³-hybridized carbons (Fsp3) is 0.576. The number of aliphatic carboxylic acids is 2. The number of nitrogens with zero attached hydrogens (tertiary/aromatic N) is 2. The summed E-state index contributed by atoms with van der Waals surface area (Å²) in [6, 6.07) is 15.7. The molecule has 0 bridgehead atoms. The van der Waals surface area contributed by atoms with Gasteiger partial charge in [-0.25, -0.2) is 0 Å². The lowest BCUT2D eigenvalue weighted by Crippen LogP contribution is -2.42. The molecule has 2 saturated heterocycles. The summed E-state index contributed by atoms with van der Waals surface area (Å²) < 4.78 is 11.7. The zero-order valence-electron chi connectivity index (χ0n) is 25.2. The third-order valence-electron chi connectivity index (χ3n) is 8.85. The van der Waals surface area contributed by atoms with Crippen LogP contribution in [0.5, 0.6) is 11.5 Å². The number of β-amino-alcohol motifs (C(OH)–C–C–N with tert-alkyl or cyclic N) is 2. The summed E-state index contributed by atoms with van der Waals surface area (Å²) >= 11 is 0. The highest BCUT2D eigenvalue weighted by atomic mass is 16.5. The molecule has 43 heavy (non-hydrogen) atoms. The topological polar surface area (TPSA) is 140 Å². The van der Waals surface area contributed by atoms with E-state index in [1.807, 2.05) is 48.5 Å². The number of hydrogen-bond acceptors (Lipinski definition) is 8. The molecular formula is C33H46N2O8. The Kier molecular flexibility index (Phi) is 11.4. The lowest BCUT2D eigenvalue weighted by Gasteiger charge is -2.31. The van der Waals surface area contributed by atoms with Crippen molar-refractivity contribution in [2.75, 3.05) is 52.5 Å². The molecule has 0 saturated carbocycles. The summed E-state index contributed by atoms with van der Waals surface area (Å²) in [4.78, 5) is 26.4. The molecule has 4 N–H and O–H groups in total. The molecule has 2 aromatic carbocycles. The van der Waals surface area contributed by atoms with E-state index in [9.17, 15) is 19.8 Å². The summed E-state index contributed by atoms with van der Waals surface area (Å²) in [7, 11) is 0. The summed E-state index contributed by atoms with van der Waals surface area (Å²) in [5, 5.41) is 39.2. The first-order chi connectivity index (χ1) is 20.5. The lowest BCUT2D eigenvalue weighted by atomic mass is 9.78. The Balaban J connectivity index is 1.20. The van der Waals surface area contributed by atoms with Crippen molar-refractivity contribution < 1.29 is 39.5 Å². The van der Waals surface area contributed by atoms with Crippen molar-refractivity contribution in [2.45, 2.75) is 57.2 Å². The number of likely N-dealkylation sites (tertiary alicyclic amines) is 2. The van der Waals surface area contributed by atoms with Crippen molar-refractivity contribution in [2.24, 2.45) is 11.8 Å². The fourth-order valence-electron chi connectivity index (χ4n) is 5.91. The second-order valence-electron chi connectivity index (χ2n) is 12.4. The standard InChI is InChI=1S/C33H46N2O8/c1-33(2,25-3-7-29(8-4-25)42-21-27(36)19-34-15-11-23(12-16-34)31(38)39)26-5-9-30(10-6-26)43-22-28(37)20-35-17-13-24(14-18-35)32(40)41/h3-10,23-24,27-28,36-37H,11-22H2,1-2H3,(H,38,39)(H,40,41). The number of carboxylic acid groups (broad SMARTS) is 2. The maximum absolute atomic E-state index is 11.1. The van der Waals surface area contributed by atoms with Gasteiger partial charge >= 0.3 is 11.9 Å². The van der Waals surface area contributed by atoms with Crippen molar-refractivity contribution in [3.05, 3.63) is 59.7 Å². The molecule has 0 amide bonds. The van der Waals surface area contributed by atoms with E-state index in [2.05, 4.69) is 23.6 Å². The van der Waals surface area contributed by atoms with Gasteiger partial charge in [0.2, 0.25) is 0 Å². The minimum atomic E-state index is -0.738. The summed E-state index contributed by atoms with van der Waals surface area (Å²) in [6.07, 6.45) is 1.12. The van der Waals surface area contributed by atoms with Crippen LogP contribution in [0.25, 0.3) is 0 Å². The van der Waals surface area contributed by atoms with Gasteiger partial charge in [-0.05, 0) is 87.3 Å². The minimum Gasteiger partial charge on any atom is -0.491 e. The number of ether oxygens (including phenoxy) is 2. The molecule has 236 valence electrons. The molecule has 2 aromatic rings. The maximum Gasteiger partial charge on any atom is 0.306 e. The summed E-state index contributed by atoms with van der Waals surface area (Å²) in [5.41, 5.74) is 1.94. The molecular weight excluding hydrogens is 552 g/mol. The van der Waals surface area contributed by atoms with Gasteiger partial charge in [0.05, 0.1) is 11.8 Å². The molecule has 2 aliphatic rings. The normalized spacial score (nSPS) is 19.1. The lowest BCUT2D eigenvalue weighted by molar-refractivity contribution is -0.144. The maximum atomic E-state index is 11.1. The number of piperidine rings is 2. The summed E-state index contributed by atoms with van der Waals surface area (Å²) in [5.74, 6) is -0.693. The highest BCUT2D eigenvalue weighted by molar-refractivity contribution is 5.70. The van der Waals surface area contributed by atoms with E-state index >= 15 is 0 Å². The molecule has 10 heteroatoms. The molecule has 10 nitrogen and oxygen atoms in total. The van der Waals surface area contributed by atoms with Gasteiger partial charge in [-0.2, -0.15) is 0 Å². The van der Waals surface area contributed by atoms with Crippen molar-refractivity contribution >= 4 is 11.9 Å². The molecule has 2 fully saturated rings. The van der Waals surface area contributed by atoms with Crippen LogP contribution in [0.1, 0.15) is 50.7 Å². The van der Waals surface area contributed by atoms with Gasteiger partial charge in [-0.15, -0.1) is 0 Å². The molecule has 2 heterocycles. The average Bonchev–Trinajstić information content (AvgIpc) is 3.00. The number of benzene rings is 2. The van der Waals surface area contributed by atoms with Crippen LogP contribution in [0, 0.1) is 11.8 Å². The molecule has 0 aromatic heterocycles. The van der Waals surface area contributed by atoms with Gasteiger partial charge in [0.25, 0.3) is 0 Å². The van der Waals surface area contributed by atoms with Gasteiger partial charge in [-0.3, -0.25) is 9.59 Å². The Morgan fingerprint density at radius 1 is 0.698 bits per heavy atom. The molecule has 0 aliphatic carbocycles. The molecule has 2 unspecified atom stereocenters. The van der Waals surface area contributed by atoms with Gasteiger partial charge in [0, 0.05) is 18.5 Å². The summed E-state index contributed by atoms with van der Waals surface area (Å²) in [6.45, 7) is 8.23. The van der Waals surface area contributed by atoms with Gasteiger partial charge in [0.1, 0.15) is 36.9 Å². The predicted octanol–water partition coefficient (Wildman–Crippen LogP) is 3.09. The third-order valence-corrected chi connectivity index (χ3v) is 8.85. The number of hydrogen-bond donors (Lipinski definition) is 4. The quantitative estimate of drug-likeness (QED) is 0.257. The number of carboxylic acids is 2. The van der Waals surface area contributed by atoms with Crippen molar-refractivity contribution in [1.29, 1.82) is 0 Å². The number of rotatable bonds is 14. The van der Waals surface area contributed by atoms with Crippen LogP contribution in [0.15, 0.2) is 48.5 Å². The first kappa shape index (κ1) is 32.7. The number of aliphatic hydroxyl groups excluding tert-OH is 2. The van der Waals surface area contributed by atoms with Crippen LogP contribution in [-0.4, -0.2) is 107 Å². The van der Waals surface area contributed by atoms with Gasteiger partial charge in [0.15, 0.2) is 0 Å². The first-order valence-electron chi connectivity index (χ1n) is 15.2. The van der Waals surface area contributed by atoms with Crippen LogP contribution >= 0.6 is 0 Å². The SMILES string of the molecule is CC(C)(c1ccc(OCC(O)CN2CCC(C(=O)O)CC2)cc1)c1ccc(OCC(O)CN2CCC(C(=O)O)CC2)cc1. The number of carbonyl (C=O) groups is 2. The van der Waals surface area contributed by atoms with Crippen LogP contribution in [0.3, 0.4) is 0 Å². The Labute approximate surface area is 253 Å². The van der Waals surface area contributed by atoms with Crippen LogP contribution in [-0.2, 0) is 15.0 Å². The smallest absolute Gasteiger partial charge is 0.306 e. The second-order valence-corrected chi connectivity index (χ2v) is 12.4. The van der Waals surface area contributed by atoms with Crippen LogP contribution < -0.4 is 9.47 Å². The van der Waals surface area contributed by atoms with Crippen molar-refractivity contribution in [3.8, 4) is 11.5 Å². The molecule has 2 atom stereocenters. The van der Waals surface area contributed by atoms with E-state index in [0.717, 1.165) is 11.1 Å². The Morgan fingerprint density at radius 3 is 1.33 bits per heavy atom.